The topological polar surface area (TPSA) is 17.1 Å². The molecule has 0 heterocycles. The van der Waals surface area contributed by atoms with Crippen molar-refractivity contribution >= 4 is 6.29 Å². The maximum atomic E-state index is 11.1. The van der Waals surface area contributed by atoms with Gasteiger partial charge in [-0.25, -0.2) is 0 Å². The van der Waals surface area contributed by atoms with Crippen LogP contribution in [-0.4, -0.2) is 6.29 Å². The number of carbonyl (C=O) groups excluding carboxylic acids is 1. The van der Waals surface area contributed by atoms with Crippen LogP contribution in [0.4, 0.5) is 0 Å². The van der Waals surface area contributed by atoms with E-state index in [0.29, 0.717) is 0 Å². The zero-order valence-electron chi connectivity index (χ0n) is 11.7. The van der Waals surface area contributed by atoms with Crippen LogP contribution in [0.2, 0.25) is 0 Å². The minimum atomic E-state index is -0.0199. The van der Waals surface area contributed by atoms with Crippen LogP contribution in [0.25, 0.3) is 0 Å². The number of rotatable bonds is 1. The standard InChI is InChI=1S/C15H21O.Y/c1-14(2,3)12-9-7-8-11(10-16)13(12)15(4,5)6;/h8-10H,1-6H3;/q-1;. The summed E-state index contributed by atoms with van der Waals surface area (Å²) in [4.78, 5) is 11.1. The van der Waals surface area contributed by atoms with Gasteiger partial charge in [0.1, 0.15) is 0 Å². The largest absolute Gasteiger partial charge is 0.312 e. The van der Waals surface area contributed by atoms with Gasteiger partial charge in [-0.05, 0) is 5.41 Å². The van der Waals surface area contributed by atoms with Gasteiger partial charge >= 0.3 is 0 Å². The normalized spacial score (nSPS) is 11.9. The molecule has 0 N–H and O–H groups in total. The number of carbonyl (C=O) groups is 1. The van der Waals surface area contributed by atoms with Crippen LogP contribution < -0.4 is 0 Å². The van der Waals surface area contributed by atoms with Crippen molar-refractivity contribution in [3.63, 3.8) is 0 Å². The maximum absolute atomic E-state index is 11.1. The first-order chi connectivity index (χ1) is 7.18. The molecule has 2 heteroatoms. The summed E-state index contributed by atoms with van der Waals surface area (Å²) >= 11 is 0. The van der Waals surface area contributed by atoms with Gasteiger partial charge in [0.15, 0.2) is 0 Å². The van der Waals surface area contributed by atoms with Crippen molar-refractivity contribution in [1.82, 2.24) is 0 Å². The fourth-order valence-corrected chi connectivity index (χ4v) is 2.04. The van der Waals surface area contributed by atoms with Gasteiger partial charge in [0.2, 0.25) is 0 Å². The zero-order valence-corrected chi connectivity index (χ0v) is 14.6. The summed E-state index contributed by atoms with van der Waals surface area (Å²) in [6, 6.07) is 6.86. The summed E-state index contributed by atoms with van der Waals surface area (Å²) in [7, 11) is 0. The SMILES string of the molecule is CC(C)(C)c1c[c-]cc(C=O)c1C(C)(C)C.[Y]. The monoisotopic (exact) mass is 306 g/mol. The van der Waals surface area contributed by atoms with E-state index < -0.39 is 0 Å². The van der Waals surface area contributed by atoms with Crippen LogP contribution in [0.5, 0.6) is 0 Å². The molecule has 0 aliphatic carbocycles. The van der Waals surface area contributed by atoms with Crippen LogP contribution in [0.3, 0.4) is 0 Å². The molecule has 1 radical (unpaired) electrons. The van der Waals surface area contributed by atoms with E-state index in [1.165, 1.54) is 5.56 Å². The Morgan fingerprint density at radius 3 is 1.88 bits per heavy atom. The Labute approximate surface area is 130 Å². The van der Waals surface area contributed by atoms with Crippen LogP contribution in [0, 0.1) is 6.07 Å². The molecule has 0 bridgehead atoms. The van der Waals surface area contributed by atoms with Crippen molar-refractivity contribution in [2.24, 2.45) is 0 Å². The summed E-state index contributed by atoms with van der Waals surface area (Å²) in [5.41, 5.74) is 3.14. The molecule has 0 unspecified atom stereocenters. The molecule has 0 amide bonds. The van der Waals surface area contributed by atoms with Gasteiger partial charge in [0.05, 0.1) is 6.29 Å². The van der Waals surface area contributed by atoms with Gasteiger partial charge in [0, 0.05) is 32.7 Å². The van der Waals surface area contributed by atoms with Crippen LogP contribution in [-0.2, 0) is 43.5 Å². The smallest absolute Gasteiger partial charge is 0.0953 e. The van der Waals surface area contributed by atoms with E-state index in [1.807, 2.05) is 6.07 Å². The molecule has 0 aliphatic rings. The minimum Gasteiger partial charge on any atom is -0.312 e. The van der Waals surface area contributed by atoms with Crippen molar-refractivity contribution in [3.8, 4) is 0 Å². The molecule has 1 aromatic rings. The molecule has 17 heavy (non-hydrogen) atoms. The molecule has 0 aromatic heterocycles. The fraction of sp³-hybridized carbons (Fsp3) is 0.533. The molecule has 0 aliphatic heterocycles. The molecule has 0 saturated heterocycles. The number of aldehydes is 1. The molecule has 1 aromatic carbocycles. The van der Waals surface area contributed by atoms with E-state index in [0.717, 1.165) is 17.4 Å². The second kappa shape index (κ2) is 5.76. The number of hydrogen-bond acceptors (Lipinski definition) is 1. The molecule has 0 saturated carbocycles. The van der Waals surface area contributed by atoms with E-state index >= 15 is 0 Å². The minimum absolute atomic E-state index is 0. The Hall–Kier alpha value is -0.00610. The second-order valence-electron chi connectivity index (χ2n) is 6.32. The van der Waals surface area contributed by atoms with Gasteiger partial charge in [-0.3, -0.25) is 0 Å². The van der Waals surface area contributed by atoms with E-state index in [9.17, 15) is 4.79 Å². The third-order valence-electron chi connectivity index (χ3n) is 2.71. The molecule has 0 atom stereocenters. The van der Waals surface area contributed by atoms with Crippen LogP contribution in [0.15, 0.2) is 12.1 Å². The average molecular weight is 306 g/mol. The third kappa shape index (κ3) is 4.00. The quantitative estimate of drug-likeness (QED) is 0.568. The van der Waals surface area contributed by atoms with E-state index in [4.69, 9.17) is 0 Å². The second-order valence-corrected chi connectivity index (χ2v) is 6.32. The van der Waals surface area contributed by atoms with E-state index in [2.05, 4.69) is 47.6 Å². The van der Waals surface area contributed by atoms with E-state index in [-0.39, 0.29) is 43.5 Å². The van der Waals surface area contributed by atoms with Gasteiger partial charge < -0.3 is 4.79 Å². The first-order valence-corrected chi connectivity index (χ1v) is 5.68. The molecule has 1 rings (SSSR count). The van der Waals surface area contributed by atoms with Crippen molar-refractivity contribution in [2.45, 2.75) is 52.4 Å². The Kier molecular flexibility index (Phi) is 5.75. The summed E-state index contributed by atoms with van der Waals surface area (Å²) in [5, 5.41) is 0. The summed E-state index contributed by atoms with van der Waals surface area (Å²) < 4.78 is 0. The Morgan fingerprint density at radius 1 is 1.00 bits per heavy atom. The van der Waals surface area contributed by atoms with Crippen molar-refractivity contribution in [1.29, 1.82) is 0 Å². The Morgan fingerprint density at radius 2 is 1.53 bits per heavy atom. The number of benzene rings is 1. The predicted molar refractivity (Wildman–Crippen MR) is 68.1 cm³/mol. The van der Waals surface area contributed by atoms with Crippen molar-refractivity contribution < 1.29 is 37.5 Å². The fourth-order valence-electron chi connectivity index (χ4n) is 2.04. The molecule has 1 nitrogen and oxygen atoms in total. The van der Waals surface area contributed by atoms with Gasteiger partial charge in [-0.1, -0.05) is 52.5 Å². The van der Waals surface area contributed by atoms with Crippen LogP contribution in [0.1, 0.15) is 63.0 Å². The van der Waals surface area contributed by atoms with Gasteiger partial charge in [-0.15, -0.1) is 11.1 Å². The molecule has 0 spiro atoms. The van der Waals surface area contributed by atoms with E-state index in [1.54, 1.807) is 6.07 Å². The Balaban J connectivity index is 0.00000256. The molecule has 0 fully saturated rings. The Bertz CT molecular complexity index is 394. The first-order valence-electron chi connectivity index (χ1n) is 5.68. The zero-order chi connectivity index (χ0) is 12.6. The van der Waals surface area contributed by atoms with Gasteiger partial charge in [0.25, 0.3) is 0 Å². The molecular weight excluding hydrogens is 285 g/mol. The van der Waals surface area contributed by atoms with Crippen molar-refractivity contribution in [2.75, 3.05) is 0 Å². The summed E-state index contributed by atoms with van der Waals surface area (Å²) in [6.45, 7) is 12.9. The average Bonchev–Trinajstić information content (AvgIpc) is 2.13. The molecule has 91 valence electrons. The molecular formula is C15H21OY-. The van der Waals surface area contributed by atoms with Crippen LogP contribution >= 0.6 is 0 Å². The third-order valence-corrected chi connectivity index (χ3v) is 2.71. The number of hydrogen-bond donors (Lipinski definition) is 0. The maximum Gasteiger partial charge on any atom is 0.0953 e. The van der Waals surface area contributed by atoms with Crippen molar-refractivity contribution in [3.05, 3.63) is 34.9 Å². The summed E-state index contributed by atoms with van der Waals surface area (Å²) in [6.07, 6.45) is 0.937. The first kappa shape index (κ1) is 17.0. The summed E-state index contributed by atoms with van der Waals surface area (Å²) in [5.74, 6) is 0. The van der Waals surface area contributed by atoms with Gasteiger partial charge in [-0.2, -0.15) is 18.2 Å². The predicted octanol–water partition coefficient (Wildman–Crippen LogP) is 3.89.